The standard InChI is InChI=1S/C19H21N7O/c1-12-21-15-4-3-14(11-16(15)22-12)19-23-18(13-6-9-27-10-7-13)24-26(19)17-5-8-20-25(17)2/h3-5,8,11,13H,6-7,9-10H2,1-2H3,(H,21,22). The second-order valence-corrected chi connectivity index (χ2v) is 6.96. The van der Waals surface area contributed by atoms with Gasteiger partial charge in [0.15, 0.2) is 17.5 Å². The van der Waals surface area contributed by atoms with Gasteiger partial charge >= 0.3 is 0 Å². The maximum absolute atomic E-state index is 5.50. The van der Waals surface area contributed by atoms with Gasteiger partial charge in [0.2, 0.25) is 0 Å². The number of nitrogens with one attached hydrogen (secondary N) is 1. The van der Waals surface area contributed by atoms with Gasteiger partial charge in [-0.15, -0.1) is 5.10 Å². The number of fused-ring (bicyclic) bond motifs is 1. The molecule has 4 aromatic rings. The second-order valence-electron chi connectivity index (χ2n) is 6.96. The monoisotopic (exact) mass is 363 g/mol. The van der Waals surface area contributed by atoms with Crippen molar-refractivity contribution in [3.63, 3.8) is 0 Å². The fourth-order valence-corrected chi connectivity index (χ4v) is 3.65. The van der Waals surface area contributed by atoms with Crippen LogP contribution in [0.2, 0.25) is 0 Å². The molecule has 0 bridgehead atoms. The quantitative estimate of drug-likeness (QED) is 0.605. The summed E-state index contributed by atoms with van der Waals surface area (Å²) in [4.78, 5) is 12.7. The lowest BCUT2D eigenvalue weighted by Gasteiger charge is -2.18. The molecule has 1 aliphatic heterocycles. The van der Waals surface area contributed by atoms with Gasteiger partial charge in [-0.2, -0.15) is 9.78 Å². The van der Waals surface area contributed by atoms with Crippen LogP contribution in [0, 0.1) is 6.92 Å². The maximum atomic E-state index is 5.50. The number of benzene rings is 1. The van der Waals surface area contributed by atoms with Crippen molar-refractivity contribution >= 4 is 11.0 Å². The Balaban J connectivity index is 1.66. The average molecular weight is 363 g/mol. The first-order valence-corrected chi connectivity index (χ1v) is 9.19. The lowest BCUT2D eigenvalue weighted by atomic mass is 10.00. The highest BCUT2D eigenvalue weighted by Gasteiger charge is 2.24. The van der Waals surface area contributed by atoms with Gasteiger partial charge < -0.3 is 9.72 Å². The molecule has 27 heavy (non-hydrogen) atoms. The molecule has 8 heteroatoms. The van der Waals surface area contributed by atoms with Crippen LogP contribution in [0.3, 0.4) is 0 Å². The number of ether oxygens (including phenoxy) is 1. The molecule has 1 N–H and O–H groups in total. The Bertz CT molecular complexity index is 1100. The van der Waals surface area contributed by atoms with Crippen LogP contribution in [0.25, 0.3) is 28.2 Å². The number of nitrogens with zero attached hydrogens (tertiary/aromatic N) is 6. The molecule has 0 saturated carbocycles. The van der Waals surface area contributed by atoms with E-state index in [1.165, 1.54) is 0 Å². The van der Waals surface area contributed by atoms with Crippen LogP contribution in [-0.2, 0) is 11.8 Å². The van der Waals surface area contributed by atoms with Gasteiger partial charge in [0, 0.05) is 37.8 Å². The van der Waals surface area contributed by atoms with Crippen LogP contribution < -0.4 is 0 Å². The minimum Gasteiger partial charge on any atom is -0.381 e. The molecule has 3 aromatic heterocycles. The fraction of sp³-hybridized carbons (Fsp3) is 0.368. The third-order valence-corrected chi connectivity index (χ3v) is 5.08. The molecule has 4 heterocycles. The van der Waals surface area contributed by atoms with Crippen LogP contribution in [0.1, 0.15) is 30.4 Å². The number of aromatic amines is 1. The van der Waals surface area contributed by atoms with E-state index in [1.807, 2.05) is 41.5 Å². The summed E-state index contributed by atoms with van der Waals surface area (Å²) in [6.07, 6.45) is 3.68. The Morgan fingerprint density at radius 3 is 2.78 bits per heavy atom. The third-order valence-electron chi connectivity index (χ3n) is 5.08. The summed E-state index contributed by atoms with van der Waals surface area (Å²) in [5.74, 6) is 3.80. The molecule has 0 unspecified atom stereocenters. The number of aromatic nitrogens is 7. The van der Waals surface area contributed by atoms with E-state index in [4.69, 9.17) is 14.8 Å². The molecular weight excluding hydrogens is 342 g/mol. The molecule has 0 spiro atoms. The van der Waals surface area contributed by atoms with Crippen molar-refractivity contribution in [2.45, 2.75) is 25.7 Å². The number of hydrogen-bond acceptors (Lipinski definition) is 5. The Morgan fingerprint density at radius 1 is 1.15 bits per heavy atom. The first-order chi connectivity index (χ1) is 13.2. The average Bonchev–Trinajstić information content (AvgIpc) is 3.38. The number of imidazole rings is 1. The molecule has 0 atom stereocenters. The van der Waals surface area contributed by atoms with E-state index in [2.05, 4.69) is 21.1 Å². The molecular formula is C19H21N7O. The zero-order chi connectivity index (χ0) is 18.4. The summed E-state index contributed by atoms with van der Waals surface area (Å²) in [5, 5.41) is 9.16. The van der Waals surface area contributed by atoms with Gasteiger partial charge in [0.25, 0.3) is 0 Å². The lowest BCUT2D eigenvalue weighted by Crippen LogP contribution is -2.15. The molecule has 0 aliphatic carbocycles. The second kappa shape index (κ2) is 6.31. The van der Waals surface area contributed by atoms with E-state index in [1.54, 1.807) is 6.20 Å². The summed E-state index contributed by atoms with van der Waals surface area (Å²) in [5.41, 5.74) is 2.95. The van der Waals surface area contributed by atoms with Crippen molar-refractivity contribution in [1.82, 2.24) is 34.5 Å². The van der Waals surface area contributed by atoms with E-state index in [9.17, 15) is 0 Å². The number of aryl methyl sites for hydroxylation is 2. The van der Waals surface area contributed by atoms with E-state index >= 15 is 0 Å². The van der Waals surface area contributed by atoms with Gasteiger partial charge in [-0.3, -0.25) is 4.68 Å². The van der Waals surface area contributed by atoms with Crippen LogP contribution in [0.5, 0.6) is 0 Å². The number of H-pyrrole nitrogens is 1. The molecule has 0 radical (unpaired) electrons. The first-order valence-electron chi connectivity index (χ1n) is 9.19. The molecule has 138 valence electrons. The molecule has 0 amide bonds. The summed E-state index contributed by atoms with van der Waals surface area (Å²) < 4.78 is 9.20. The predicted molar refractivity (Wildman–Crippen MR) is 101 cm³/mol. The highest BCUT2D eigenvalue weighted by molar-refractivity contribution is 5.80. The molecule has 1 fully saturated rings. The summed E-state index contributed by atoms with van der Waals surface area (Å²) in [6, 6.07) is 8.10. The molecule has 1 saturated heterocycles. The Morgan fingerprint density at radius 2 is 2.00 bits per heavy atom. The number of hydrogen-bond donors (Lipinski definition) is 1. The first kappa shape index (κ1) is 16.2. The van der Waals surface area contributed by atoms with E-state index in [0.717, 1.165) is 65.9 Å². The number of rotatable bonds is 3. The zero-order valence-corrected chi connectivity index (χ0v) is 15.4. The highest BCUT2D eigenvalue weighted by atomic mass is 16.5. The van der Waals surface area contributed by atoms with Crippen LogP contribution >= 0.6 is 0 Å². The minimum absolute atomic E-state index is 0.324. The topological polar surface area (TPSA) is 86.4 Å². The Kier molecular flexibility index (Phi) is 3.78. The van der Waals surface area contributed by atoms with Gasteiger partial charge in [0.05, 0.1) is 17.2 Å². The minimum atomic E-state index is 0.324. The fourth-order valence-electron chi connectivity index (χ4n) is 3.65. The van der Waals surface area contributed by atoms with Crippen LogP contribution in [0.15, 0.2) is 30.5 Å². The van der Waals surface area contributed by atoms with E-state index in [-0.39, 0.29) is 0 Å². The zero-order valence-electron chi connectivity index (χ0n) is 15.4. The third kappa shape index (κ3) is 2.82. The van der Waals surface area contributed by atoms with Crippen molar-refractivity contribution in [2.75, 3.05) is 13.2 Å². The molecule has 8 nitrogen and oxygen atoms in total. The Labute approximate surface area is 156 Å². The SMILES string of the molecule is Cc1nc2ccc(-c3nc(C4CCOCC4)nn3-c3ccnn3C)cc2[nH]1. The van der Waals surface area contributed by atoms with Gasteiger partial charge in [-0.05, 0) is 38.0 Å². The normalized spacial score (nSPS) is 15.6. The van der Waals surface area contributed by atoms with Crippen molar-refractivity contribution < 1.29 is 4.74 Å². The maximum Gasteiger partial charge on any atom is 0.165 e. The molecule has 5 rings (SSSR count). The summed E-state index contributed by atoms with van der Waals surface area (Å²) in [6.45, 7) is 3.49. The van der Waals surface area contributed by atoms with Gasteiger partial charge in [-0.25, -0.2) is 9.97 Å². The van der Waals surface area contributed by atoms with Crippen LogP contribution in [0.4, 0.5) is 0 Å². The van der Waals surface area contributed by atoms with Gasteiger partial charge in [0.1, 0.15) is 5.82 Å². The molecule has 1 aromatic carbocycles. The van der Waals surface area contributed by atoms with E-state index in [0.29, 0.717) is 5.92 Å². The Hall–Kier alpha value is -3.00. The lowest BCUT2D eigenvalue weighted by molar-refractivity contribution is 0.0836. The van der Waals surface area contributed by atoms with Gasteiger partial charge in [-0.1, -0.05) is 0 Å². The van der Waals surface area contributed by atoms with Crippen molar-refractivity contribution in [3.8, 4) is 17.2 Å². The predicted octanol–water partition coefficient (Wildman–Crippen LogP) is 2.75. The van der Waals surface area contributed by atoms with E-state index < -0.39 is 0 Å². The highest BCUT2D eigenvalue weighted by Crippen LogP contribution is 2.29. The van der Waals surface area contributed by atoms with Crippen LogP contribution in [-0.4, -0.2) is 47.7 Å². The van der Waals surface area contributed by atoms with Crippen molar-refractivity contribution in [3.05, 3.63) is 42.1 Å². The van der Waals surface area contributed by atoms with Crippen molar-refractivity contribution in [2.24, 2.45) is 7.05 Å². The smallest absolute Gasteiger partial charge is 0.165 e. The van der Waals surface area contributed by atoms with Crippen molar-refractivity contribution in [1.29, 1.82) is 0 Å². The summed E-state index contributed by atoms with van der Waals surface area (Å²) >= 11 is 0. The largest absolute Gasteiger partial charge is 0.381 e. The molecule has 1 aliphatic rings. The summed E-state index contributed by atoms with van der Waals surface area (Å²) in [7, 11) is 1.91.